The Morgan fingerprint density at radius 1 is 0.913 bits per heavy atom. The van der Waals surface area contributed by atoms with Crippen molar-refractivity contribution >= 4 is 29.5 Å². The molecule has 0 saturated carbocycles. The van der Waals surface area contributed by atoms with E-state index in [-0.39, 0.29) is 18.4 Å². The van der Waals surface area contributed by atoms with E-state index < -0.39 is 36.3 Å². The summed E-state index contributed by atoms with van der Waals surface area (Å²) in [7, 11) is 3.29. The first-order valence-electron chi connectivity index (χ1n) is 14.9. The maximum Gasteiger partial charge on any atom is 0.305 e. The molecule has 0 bridgehead atoms. The highest BCUT2D eigenvalue weighted by molar-refractivity contribution is 6.12. The van der Waals surface area contributed by atoms with Crippen LogP contribution in [-0.2, 0) is 4.79 Å². The number of aliphatic carboxylic acids is 1. The molecule has 0 aliphatic heterocycles. The Bertz CT molecular complexity index is 1730. The molecule has 4 rings (SSSR count). The van der Waals surface area contributed by atoms with Gasteiger partial charge < -0.3 is 30.1 Å². The summed E-state index contributed by atoms with van der Waals surface area (Å²) in [5.74, 6) is -2.29. The summed E-state index contributed by atoms with van der Waals surface area (Å²) in [5.41, 5.74) is 4.16. The van der Waals surface area contributed by atoms with Crippen LogP contribution < -0.4 is 5.32 Å². The largest absolute Gasteiger partial charge is 0.481 e. The molecular weight excluding hydrogens is 589 g/mol. The summed E-state index contributed by atoms with van der Waals surface area (Å²) in [6.45, 7) is 3.81. The summed E-state index contributed by atoms with van der Waals surface area (Å²) in [4.78, 5) is 39.4. The standard InChI is InChI=1S/C36H38FN3O6/c1-22(2)40-30(18-17-28(41)20-29(42)21-31(43)44)32(24-13-15-26(37)16-14-24)33(23-9-6-5-7-10-23)34(40)35(45)38-27-12-8-11-25(19-27)36(46)39(3)4/h5-19,22,28-29,41-42H,20-21H2,1-4H3,(H,38,45)(H,43,44)/t28-,29-/m1/s1. The Kier molecular flexibility index (Phi) is 10.9. The van der Waals surface area contributed by atoms with Crippen molar-refractivity contribution in [2.75, 3.05) is 19.4 Å². The van der Waals surface area contributed by atoms with Crippen LogP contribution in [0.1, 0.15) is 59.3 Å². The first kappa shape index (κ1) is 33.8. The third kappa shape index (κ3) is 7.96. The van der Waals surface area contributed by atoms with Crippen molar-refractivity contribution < 1.29 is 34.1 Å². The Hall–Kier alpha value is -5.06. The molecule has 3 aromatic carbocycles. The van der Waals surface area contributed by atoms with Crippen LogP contribution in [0.15, 0.2) is 84.9 Å². The van der Waals surface area contributed by atoms with Crippen LogP contribution in [0.3, 0.4) is 0 Å². The number of anilines is 1. The van der Waals surface area contributed by atoms with Gasteiger partial charge in [-0.1, -0.05) is 54.6 Å². The quantitative estimate of drug-likeness (QED) is 0.150. The molecule has 240 valence electrons. The lowest BCUT2D eigenvalue weighted by atomic mass is 9.94. The number of rotatable bonds is 12. The fourth-order valence-corrected chi connectivity index (χ4v) is 5.35. The number of carboxylic acids is 1. The van der Waals surface area contributed by atoms with Crippen LogP contribution >= 0.6 is 0 Å². The lowest BCUT2D eigenvalue weighted by molar-refractivity contribution is -0.139. The van der Waals surface area contributed by atoms with Crippen LogP contribution in [-0.4, -0.2) is 68.9 Å². The second-order valence-electron chi connectivity index (χ2n) is 11.5. The van der Waals surface area contributed by atoms with Crippen molar-refractivity contribution in [1.29, 1.82) is 0 Å². The van der Waals surface area contributed by atoms with Crippen molar-refractivity contribution in [3.8, 4) is 22.3 Å². The molecule has 0 saturated heterocycles. The predicted molar refractivity (Wildman–Crippen MR) is 176 cm³/mol. The number of carbonyl (C=O) groups excluding carboxylic acids is 2. The number of benzene rings is 3. The molecule has 10 heteroatoms. The third-order valence-electron chi connectivity index (χ3n) is 7.34. The molecule has 0 aliphatic carbocycles. The second-order valence-corrected chi connectivity index (χ2v) is 11.5. The summed E-state index contributed by atoms with van der Waals surface area (Å²) in [6, 6.07) is 21.5. The van der Waals surface area contributed by atoms with Crippen LogP contribution in [0.2, 0.25) is 0 Å². The van der Waals surface area contributed by atoms with Gasteiger partial charge in [-0.3, -0.25) is 14.4 Å². The van der Waals surface area contributed by atoms with Gasteiger partial charge in [-0.15, -0.1) is 0 Å². The van der Waals surface area contributed by atoms with E-state index in [1.165, 1.54) is 23.1 Å². The molecule has 0 spiro atoms. The molecule has 46 heavy (non-hydrogen) atoms. The predicted octanol–water partition coefficient (Wildman–Crippen LogP) is 6.10. The van der Waals surface area contributed by atoms with Gasteiger partial charge in [0, 0.05) is 54.6 Å². The Morgan fingerprint density at radius 2 is 1.57 bits per heavy atom. The zero-order valence-electron chi connectivity index (χ0n) is 26.1. The summed E-state index contributed by atoms with van der Waals surface area (Å²) in [5, 5.41) is 32.8. The minimum absolute atomic E-state index is 0.210. The first-order valence-corrected chi connectivity index (χ1v) is 14.9. The van der Waals surface area contributed by atoms with Crippen LogP contribution in [0.5, 0.6) is 0 Å². The average Bonchev–Trinajstić information content (AvgIpc) is 3.35. The van der Waals surface area contributed by atoms with Gasteiger partial charge in [-0.25, -0.2) is 4.39 Å². The van der Waals surface area contributed by atoms with E-state index in [1.54, 1.807) is 56.6 Å². The summed E-state index contributed by atoms with van der Waals surface area (Å²) < 4.78 is 15.9. The number of nitrogens with one attached hydrogen (secondary N) is 1. The number of halogens is 1. The lowest BCUT2D eigenvalue weighted by Crippen LogP contribution is -2.22. The van der Waals surface area contributed by atoms with Gasteiger partial charge in [0.15, 0.2) is 0 Å². The summed E-state index contributed by atoms with van der Waals surface area (Å²) in [6.07, 6.45) is -0.104. The van der Waals surface area contributed by atoms with E-state index in [1.807, 2.05) is 48.7 Å². The van der Waals surface area contributed by atoms with Crippen molar-refractivity contribution in [2.24, 2.45) is 0 Å². The van der Waals surface area contributed by atoms with E-state index in [9.17, 15) is 29.0 Å². The molecule has 1 heterocycles. The fraction of sp³-hybridized carbons (Fsp3) is 0.250. The summed E-state index contributed by atoms with van der Waals surface area (Å²) >= 11 is 0. The molecular formula is C36H38FN3O6. The minimum Gasteiger partial charge on any atom is -0.481 e. The molecule has 2 amide bonds. The number of carbonyl (C=O) groups is 3. The number of aliphatic hydroxyl groups excluding tert-OH is 2. The number of carboxylic acid groups (broad SMARTS) is 1. The van der Waals surface area contributed by atoms with Gasteiger partial charge in [0.05, 0.1) is 18.6 Å². The van der Waals surface area contributed by atoms with Crippen LogP contribution in [0.25, 0.3) is 28.3 Å². The average molecular weight is 628 g/mol. The monoisotopic (exact) mass is 627 g/mol. The molecule has 2 atom stereocenters. The SMILES string of the molecule is CC(C)n1c(C=C[C@@H](O)C[C@@H](O)CC(=O)O)c(-c2ccc(F)cc2)c(-c2ccccc2)c1C(=O)Nc1cccc(C(=O)N(C)C)c1. The number of hydrogen-bond acceptors (Lipinski definition) is 5. The van der Waals surface area contributed by atoms with Gasteiger partial charge in [0.2, 0.25) is 0 Å². The van der Waals surface area contributed by atoms with Gasteiger partial charge >= 0.3 is 5.97 Å². The lowest BCUT2D eigenvalue weighted by Gasteiger charge is -2.18. The van der Waals surface area contributed by atoms with Gasteiger partial charge in [0.1, 0.15) is 11.5 Å². The van der Waals surface area contributed by atoms with Crippen molar-refractivity contribution in [3.05, 3.63) is 108 Å². The Labute approximate surface area is 267 Å². The maximum absolute atomic E-state index is 14.3. The van der Waals surface area contributed by atoms with Crippen molar-refractivity contribution in [2.45, 2.75) is 44.9 Å². The van der Waals surface area contributed by atoms with Gasteiger partial charge in [-0.2, -0.15) is 0 Å². The maximum atomic E-state index is 14.3. The normalized spacial score (nSPS) is 12.7. The van der Waals surface area contributed by atoms with E-state index >= 15 is 0 Å². The molecule has 9 nitrogen and oxygen atoms in total. The zero-order chi connectivity index (χ0) is 33.5. The molecule has 0 fully saturated rings. The van der Waals surface area contributed by atoms with Crippen LogP contribution in [0.4, 0.5) is 10.1 Å². The van der Waals surface area contributed by atoms with E-state index in [0.29, 0.717) is 39.3 Å². The number of amides is 2. The van der Waals surface area contributed by atoms with Crippen molar-refractivity contribution in [3.63, 3.8) is 0 Å². The third-order valence-corrected chi connectivity index (χ3v) is 7.34. The molecule has 1 aromatic heterocycles. The highest BCUT2D eigenvalue weighted by atomic mass is 19.1. The number of nitrogens with zero attached hydrogens (tertiary/aromatic N) is 2. The minimum atomic E-state index is -1.26. The highest BCUT2D eigenvalue weighted by Gasteiger charge is 2.29. The highest BCUT2D eigenvalue weighted by Crippen LogP contribution is 2.43. The van der Waals surface area contributed by atoms with Crippen molar-refractivity contribution in [1.82, 2.24) is 9.47 Å². The topological polar surface area (TPSA) is 132 Å². The first-order chi connectivity index (χ1) is 21.9. The van der Waals surface area contributed by atoms with Gasteiger partial charge in [-0.05, 0) is 61.4 Å². The van der Waals surface area contributed by atoms with E-state index in [4.69, 9.17) is 5.11 Å². The number of aromatic nitrogens is 1. The van der Waals surface area contributed by atoms with Crippen LogP contribution in [0, 0.1) is 5.82 Å². The van der Waals surface area contributed by atoms with E-state index in [2.05, 4.69) is 5.32 Å². The zero-order valence-corrected chi connectivity index (χ0v) is 26.1. The molecule has 0 unspecified atom stereocenters. The second kappa shape index (κ2) is 14.8. The molecule has 4 N–H and O–H groups in total. The molecule has 0 radical (unpaired) electrons. The Balaban J connectivity index is 1.94. The fourth-order valence-electron chi connectivity index (χ4n) is 5.35. The molecule has 0 aliphatic rings. The number of aliphatic hydroxyl groups is 2. The smallest absolute Gasteiger partial charge is 0.305 e. The molecule has 4 aromatic rings. The Morgan fingerprint density at radius 3 is 2.17 bits per heavy atom. The van der Waals surface area contributed by atoms with Gasteiger partial charge in [0.25, 0.3) is 11.8 Å². The number of hydrogen-bond donors (Lipinski definition) is 4. The van der Waals surface area contributed by atoms with E-state index in [0.717, 1.165) is 5.56 Å².